The van der Waals surface area contributed by atoms with Crippen molar-refractivity contribution in [2.24, 2.45) is 0 Å². The molecule has 0 spiro atoms. The summed E-state index contributed by atoms with van der Waals surface area (Å²) in [5.74, 6) is 0.785. The minimum absolute atomic E-state index is 0.0252. The third kappa shape index (κ3) is 4.20. The van der Waals surface area contributed by atoms with E-state index in [0.29, 0.717) is 18.6 Å². The third-order valence-electron chi connectivity index (χ3n) is 4.40. The van der Waals surface area contributed by atoms with Gasteiger partial charge in [0.1, 0.15) is 11.9 Å². The molecule has 2 heterocycles. The van der Waals surface area contributed by atoms with Crippen LogP contribution in [-0.2, 0) is 9.53 Å². The van der Waals surface area contributed by atoms with E-state index in [1.165, 1.54) is 22.9 Å². The minimum atomic E-state index is -0.108. The van der Waals surface area contributed by atoms with Gasteiger partial charge in [-0.05, 0) is 36.8 Å². The van der Waals surface area contributed by atoms with Crippen LogP contribution in [0.3, 0.4) is 0 Å². The van der Waals surface area contributed by atoms with Crippen LogP contribution in [0.5, 0.6) is 0 Å². The van der Waals surface area contributed by atoms with E-state index < -0.39 is 0 Å². The molecule has 3 rings (SSSR count). The van der Waals surface area contributed by atoms with Crippen molar-refractivity contribution in [2.75, 3.05) is 0 Å². The van der Waals surface area contributed by atoms with E-state index in [9.17, 15) is 4.79 Å². The maximum atomic E-state index is 12.1. The van der Waals surface area contributed by atoms with E-state index in [0.717, 1.165) is 17.7 Å². The number of benzene rings is 1. The van der Waals surface area contributed by atoms with Crippen molar-refractivity contribution in [1.29, 1.82) is 0 Å². The molecule has 1 aromatic carbocycles. The summed E-state index contributed by atoms with van der Waals surface area (Å²) in [6, 6.07) is 10.3. The van der Waals surface area contributed by atoms with E-state index in [1.54, 1.807) is 17.4 Å². The van der Waals surface area contributed by atoms with E-state index >= 15 is 0 Å². The molecule has 0 saturated carbocycles. The molecule has 0 bridgehead atoms. The summed E-state index contributed by atoms with van der Waals surface area (Å²) in [5.41, 5.74) is 0. The quantitative estimate of drug-likeness (QED) is 0.469. The maximum Gasteiger partial charge on any atom is 0.159 e. The summed E-state index contributed by atoms with van der Waals surface area (Å²) in [6.07, 6.45) is 7.24. The summed E-state index contributed by atoms with van der Waals surface area (Å²) in [6.45, 7) is 2.19. The van der Waals surface area contributed by atoms with Crippen LogP contribution in [0, 0.1) is 0 Å². The zero-order valence-electron chi connectivity index (χ0n) is 14.0. The molecular formula is C20H23ClO2S. The predicted octanol–water partition coefficient (Wildman–Crippen LogP) is 6.18. The summed E-state index contributed by atoms with van der Waals surface area (Å²) in [7, 11) is 0. The van der Waals surface area contributed by atoms with Gasteiger partial charge < -0.3 is 4.74 Å². The standard InChI is InChI=1S/C20H23ClO2S/c1-2-3-4-8-17-16(21)11-10-15(22)13-18(23-17)20-12-14-7-5-6-9-19(14)24-20/h5-7,9,12-13,16-17H,2-4,8,10-11H2,1H3/b18-13-/t16-,17+/m1/s1. The number of unbranched alkanes of at least 4 members (excludes halogenated alkanes) is 2. The molecule has 128 valence electrons. The normalized spacial score (nSPS) is 24.1. The van der Waals surface area contributed by atoms with Gasteiger partial charge in [0.2, 0.25) is 0 Å². The first kappa shape index (κ1) is 17.5. The van der Waals surface area contributed by atoms with Crippen molar-refractivity contribution >= 4 is 44.6 Å². The number of alkyl halides is 1. The summed E-state index contributed by atoms with van der Waals surface area (Å²) < 4.78 is 7.46. The summed E-state index contributed by atoms with van der Waals surface area (Å²) >= 11 is 8.20. The number of halogens is 1. The molecule has 0 radical (unpaired) electrons. The number of carbonyl (C=O) groups excluding carboxylic acids is 1. The second-order valence-corrected chi connectivity index (χ2v) is 7.97. The smallest absolute Gasteiger partial charge is 0.159 e. The zero-order chi connectivity index (χ0) is 16.9. The van der Waals surface area contributed by atoms with Crippen LogP contribution in [0.4, 0.5) is 0 Å². The first-order valence-electron chi connectivity index (χ1n) is 8.71. The lowest BCUT2D eigenvalue weighted by atomic mass is 10.0. The topological polar surface area (TPSA) is 26.3 Å². The van der Waals surface area contributed by atoms with Crippen molar-refractivity contribution in [2.45, 2.75) is 56.9 Å². The van der Waals surface area contributed by atoms with E-state index in [-0.39, 0.29) is 17.3 Å². The van der Waals surface area contributed by atoms with Gasteiger partial charge in [0, 0.05) is 17.2 Å². The molecule has 2 aromatic rings. The lowest BCUT2D eigenvalue weighted by Gasteiger charge is -2.26. The Bertz CT molecular complexity index is 701. The highest BCUT2D eigenvalue weighted by atomic mass is 35.5. The van der Waals surface area contributed by atoms with Crippen LogP contribution in [0.1, 0.15) is 50.3 Å². The molecule has 1 aliphatic rings. The van der Waals surface area contributed by atoms with Crippen LogP contribution < -0.4 is 0 Å². The van der Waals surface area contributed by atoms with Gasteiger partial charge in [-0.1, -0.05) is 38.0 Å². The molecule has 1 aromatic heterocycles. The summed E-state index contributed by atoms with van der Waals surface area (Å²) in [4.78, 5) is 13.1. The van der Waals surface area contributed by atoms with E-state index in [2.05, 4.69) is 25.1 Å². The van der Waals surface area contributed by atoms with Gasteiger partial charge >= 0.3 is 0 Å². The van der Waals surface area contributed by atoms with Gasteiger partial charge in [0.15, 0.2) is 5.78 Å². The molecule has 0 fully saturated rings. The SMILES string of the molecule is CCCCC[C@@H]1O/C(c2cc3ccccc3s2)=C\C(=O)CC[C@H]1Cl. The van der Waals surface area contributed by atoms with Crippen LogP contribution in [0.2, 0.25) is 0 Å². The Labute approximate surface area is 152 Å². The Morgan fingerprint density at radius 1 is 1.29 bits per heavy atom. The van der Waals surface area contributed by atoms with Crippen LogP contribution in [-0.4, -0.2) is 17.3 Å². The second kappa shape index (κ2) is 8.17. The van der Waals surface area contributed by atoms with E-state index in [1.807, 2.05) is 12.1 Å². The summed E-state index contributed by atoms with van der Waals surface area (Å²) in [5, 5.41) is 1.07. The Hall–Kier alpha value is -1.32. The monoisotopic (exact) mass is 362 g/mol. The van der Waals surface area contributed by atoms with Crippen molar-refractivity contribution in [3.05, 3.63) is 41.3 Å². The van der Waals surface area contributed by atoms with Crippen LogP contribution >= 0.6 is 22.9 Å². The van der Waals surface area contributed by atoms with Crippen molar-refractivity contribution in [3.8, 4) is 0 Å². The molecule has 2 atom stereocenters. The first-order valence-corrected chi connectivity index (χ1v) is 9.97. The average molecular weight is 363 g/mol. The number of allylic oxidation sites excluding steroid dienone is 1. The number of fused-ring (bicyclic) bond motifs is 1. The lowest BCUT2D eigenvalue weighted by Crippen LogP contribution is -2.26. The van der Waals surface area contributed by atoms with Gasteiger partial charge in [-0.25, -0.2) is 0 Å². The predicted molar refractivity (Wildman–Crippen MR) is 103 cm³/mol. The highest BCUT2D eigenvalue weighted by molar-refractivity contribution is 7.20. The molecule has 4 heteroatoms. The van der Waals surface area contributed by atoms with Gasteiger partial charge in [-0.3, -0.25) is 4.79 Å². The fourth-order valence-electron chi connectivity index (χ4n) is 3.02. The fraction of sp³-hybridized carbons (Fsp3) is 0.450. The maximum absolute atomic E-state index is 12.1. The molecule has 0 aliphatic carbocycles. The van der Waals surface area contributed by atoms with Gasteiger partial charge in [0.25, 0.3) is 0 Å². The second-order valence-electron chi connectivity index (χ2n) is 6.33. The van der Waals surface area contributed by atoms with Crippen molar-refractivity contribution in [3.63, 3.8) is 0 Å². The molecule has 0 amide bonds. The number of carbonyl (C=O) groups is 1. The number of thiophene rings is 1. The third-order valence-corrected chi connectivity index (χ3v) is 6.03. The molecule has 0 N–H and O–H groups in total. The largest absolute Gasteiger partial charge is 0.487 e. The lowest BCUT2D eigenvalue weighted by molar-refractivity contribution is -0.115. The highest BCUT2D eigenvalue weighted by Gasteiger charge is 2.26. The molecular weight excluding hydrogens is 340 g/mol. The number of hydrogen-bond donors (Lipinski definition) is 0. The highest BCUT2D eigenvalue weighted by Crippen LogP contribution is 2.34. The molecule has 2 nitrogen and oxygen atoms in total. The number of hydrogen-bond acceptors (Lipinski definition) is 3. The Balaban J connectivity index is 1.87. The fourth-order valence-corrected chi connectivity index (χ4v) is 4.33. The number of rotatable bonds is 5. The average Bonchev–Trinajstić information content (AvgIpc) is 3.01. The number of ether oxygens (including phenoxy) is 1. The Morgan fingerprint density at radius 3 is 2.92 bits per heavy atom. The van der Waals surface area contributed by atoms with Crippen LogP contribution in [0.15, 0.2) is 36.4 Å². The van der Waals surface area contributed by atoms with Crippen molar-refractivity contribution < 1.29 is 9.53 Å². The Kier molecular flexibility index (Phi) is 5.96. The molecule has 1 aliphatic heterocycles. The number of ketones is 1. The van der Waals surface area contributed by atoms with Gasteiger partial charge in [-0.2, -0.15) is 0 Å². The van der Waals surface area contributed by atoms with E-state index in [4.69, 9.17) is 16.3 Å². The molecule has 0 unspecified atom stereocenters. The zero-order valence-corrected chi connectivity index (χ0v) is 15.5. The van der Waals surface area contributed by atoms with Crippen LogP contribution in [0.25, 0.3) is 15.8 Å². The Morgan fingerprint density at radius 2 is 2.12 bits per heavy atom. The minimum Gasteiger partial charge on any atom is -0.487 e. The molecule has 0 saturated heterocycles. The molecule has 24 heavy (non-hydrogen) atoms. The van der Waals surface area contributed by atoms with Gasteiger partial charge in [-0.15, -0.1) is 22.9 Å². The van der Waals surface area contributed by atoms with Crippen molar-refractivity contribution in [1.82, 2.24) is 0 Å². The first-order chi connectivity index (χ1) is 11.7. The van der Waals surface area contributed by atoms with Gasteiger partial charge in [0.05, 0.1) is 10.3 Å².